The van der Waals surface area contributed by atoms with Crippen molar-refractivity contribution in [3.8, 4) is 0 Å². The first-order chi connectivity index (χ1) is 14.2. The van der Waals surface area contributed by atoms with Crippen molar-refractivity contribution >= 4 is 46.4 Å². The molecule has 0 aliphatic carbocycles. The van der Waals surface area contributed by atoms with E-state index < -0.39 is 23.7 Å². The topological polar surface area (TPSA) is 108 Å². The number of halogens is 2. The molecule has 3 amide bonds. The van der Waals surface area contributed by atoms with Crippen LogP contribution in [0, 0.1) is 5.82 Å². The van der Waals surface area contributed by atoms with Gasteiger partial charge in [-0.25, -0.2) is 4.39 Å². The highest BCUT2D eigenvalue weighted by Gasteiger charge is 2.35. The Morgan fingerprint density at radius 1 is 1.20 bits per heavy atom. The van der Waals surface area contributed by atoms with Crippen LogP contribution in [0.2, 0.25) is 5.02 Å². The Labute approximate surface area is 177 Å². The molecule has 2 aromatic carbocycles. The lowest BCUT2D eigenvalue weighted by Crippen LogP contribution is -2.39. The fourth-order valence-corrected chi connectivity index (χ4v) is 3.07. The van der Waals surface area contributed by atoms with Gasteiger partial charge in [0.1, 0.15) is 17.6 Å². The molecule has 3 N–H and O–H groups in total. The van der Waals surface area contributed by atoms with E-state index in [0.717, 1.165) is 0 Å². The van der Waals surface area contributed by atoms with Gasteiger partial charge in [-0.1, -0.05) is 11.6 Å². The molecule has 0 saturated carbocycles. The molecule has 0 fully saturated rings. The Morgan fingerprint density at radius 2 is 1.87 bits per heavy atom. The van der Waals surface area contributed by atoms with E-state index in [1.807, 2.05) is 0 Å². The zero-order chi connectivity index (χ0) is 22.0. The molecule has 0 aromatic heterocycles. The summed E-state index contributed by atoms with van der Waals surface area (Å²) in [4.78, 5) is 38.2. The van der Waals surface area contributed by atoms with Crippen LogP contribution in [0.3, 0.4) is 0 Å². The number of benzene rings is 2. The summed E-state index contributed by atoms with van der Waals surface area (Å²) in [5.41, 5.74) is 6.49. The minimum atomic E-state index is -0.895. The molecule has 2 aromatic rings. The third-order valence-corrected chi connectivity index (χ3v) is 4.79. The second-order valence-electron chi connectivity index (χ2n) is 6.84. The monoisotopic (exact) mass is 431 g/mol. The molecule has 3 rings (SSSR count). The van der Waals surface area contributed by atoms with E-state index >= 15 is 0 Å². The van der Waals surface area contributed by atoms with Gasteiger partial charge in [-0.3, -0.25) is 19.4 Å². The molecule has 0 spiro atoms. The molecule has 0 saturated heterocycles. The Balaban J connectivity index is 1.85. The van der Waals surface area contributed by atoms with Crippen molar-refractivity contribution < 1.29 is 18.8 Å². The van der Waals surface area contributed by atoms with E-state index in [1.165, 1.54) is 46.3 Å². The third-order valence-electron chi connectivity index (χ3n) is 4.46. The zero-order valence-corrected chi connectivity index (χ0v) is 17.0. The van der Waals surface area contributed by atoms with Crippen LogP contribution >= 0.6 is 11.6 Å². The van der Waals surface area contributed by atoms with Crippen molar-refractivity contribution in [3.63, 3.8) is 0 Å². The van der Waals surface area contributed by atoms with Crippen molar-refractivity contribution in [1.29, 1.82) is 0 Å². The van der Waals surface area contributed by atoms with Crippen molar-refractivity contribution in [2.75, 3.05) is 24.4 Å². The average molecular weight is 432 g/mol. The number of amides is 3. The van der Waals surface area contributed by atoms with E-state index in [2.05, 4.69) is 10.4 Å². The highest BCUT2D eigenvalue weighted by atomic mass is 35.5. The maximum atomic E-state index is 13.2. The normalized spacial score (nSPS) is 15.5. The van der Waals surface area contributed by atoms with Gasteiger partial charge in [-0.2, -0.15) is 5.10 Å². The number of nitrogens with one attached hydrogen (secondary N) is 1. The summed E-state index contributed by atoms with van der Waals surface area (Å²) < 4.78 is 13.2. The van der Waals surface area contributed by atoms with Gasteiger partial charge in [0.2, 0.25) is 5.91 Å². The van der Waals surface area contributed by atoms with Crippen LogP contribution in [0.15, 0.2) is 47.6 Å². The zero-order valence-electron chi connectivity index (χ0n) is 16.2. The van der Waals surface area contributed by atoms with Gasteiger partial charge < -0.3 is 16.0 Å². The summed E-state index contributed by atoms with van der Waals surface area (Å²) in [6.45, 7) is 0. The minimum absolute atomic E-state index is 0.0352. The molecule has 30 heavy (non-hydrogen) atoms. The first kappa shape index (κ1) is 21.3. The lowest BCUT2D eigenvalue weighted by atomic mass is 10.1. The third kappa shape index (κ3) is 4.41. The summed E-state index contributed by atoms with van der Waals surface area (Å²) in [6.07, 6.45) is -0.0352. The van der Waals surface area contributed by atoms with Gasteiger partial charge in [-0.05, 0) is 42.5 Å². The molecule has 1 aliphatic rings. The summed E-state index contributed by atoms with van der Waals surface area (Å²) >= 11 is 6.15. The van der Waals surface area contributed by atoms with Gasteiger partial charge in [0.25, 0.3) is 11.8 Å². The van der Waals surface area contributed by atoms with Crippen LogP contribution in [-0.2, 0) is 9.59 Å². The highest BCUT2D eigenvalue weighted by molar-refractivity contribution is 6.45. The maximum absolute atomic E-state index is 13.2. The fourth-order valence-electron chi connectivity index (χ4n) is 2.91. The standard InChI is InChI=1S/C20H19ClFN5O3/c1-26(2)20(30)11-3-8-14(21)15(9-11)24-19(29)16-10-17(18(23)28)27(25-16)13-6-4-12(22)5-7-13/h3-9,17H,10H2,1-2H3,(H2,23,28)(H,24,29). The van der Waals surface area contributed by atoms with E-state index in [1.54, 1.807) is 20.2 Å². The van der Waals surface area contributed by atoms with Crippen LogP contribution in [0.1, 0.15) is 16.8 Å². The fraction of sp³-hybridized carbons (Fsp3) is 0.200. The van der Waals surface area contributed by atoms with E-state index in [4.69, 9.17) is 17.3 Å². The minimum Gasteiger partial charge on any atom is -0.368 e. The van der Waals surface area contributed by atoms with Gasteiger partial charge in [0, 0.05) is 26.1 Å². The molecule has 8 nitrogen and oxygen atoms in total. The Morgan fingerprint density at radius 3 is 2.47 bits per heavy atom. The molecular weight excluding hydrogens is 413 g/mol. The Hall–Kier alpha value is -3.46. The molecule has 0 bridgehead atoms. The number of primary amides is 1. The SMILES string of the molecule is CN(C)C(=O)c1ccc(Cl)c(NC(=O)C2=NN(c3ccc(F)cc3)C(C(N)=O)C2)c1. The summed E-state index contributed by atoms with van der Waals surface area (Å²) in [5.74, 6) is -1.97. The molecule has 1 atom stereocenters. The number of carbonyl (C=O) groups excluding carboxylic acids is 3. The molecule has 1 heterocycles. The van der Waals surface area contributed by atoms with Crippen molar-refractivity contribution in [2.45, 2.75) is 12.5 Å². The van der Waals surface area contributed by atoms with Crippen LogP contribution in [-0.4, -0.2) is 48.5 Å². The molecular formula is C20H19ClFN5O3. The van der Waals surface area contributed by atoms with Crippen molar-refractivity contribution in [3.05, 3.63) is 58.9 Å². The molecule has 1 aliphatic heterocycles. The second-order valence-corrected chi connectivity index (χ2v) is 7.25. The van der Waals surface area contributed by atoms with Gasteiger partial charge >= 0.3 is 0 Å². The average Bonchev–Trinajstić information content (AvgIpc) is 3.15. The van der Waals surface area contributed by atoms with Gasteiger partial charge in [0.05, 0.1) is 16.4 Å². The van der Waals surface area contributed by atoms with Gasteiger partial charge in [0.15, 0.2) is 0 Å². The molecule has 10 heteroatoms. The lowest BCUT2D eigenvalue weighted by molar-refractivity contribution is -0.119. The summed E-state index contributed by atoms with van der Waals surface area (Å²) in [5, 5.41) is 8.33. The number of nitrogens with zero attached hydrogens (tertiary/aromatic N) is 3. The smallest absolute Gasteiger partial charge is 0.272 e. The summed E-state index contributed by atoms with van der Waals surface area (Å²) in [6, 6.07) is 8.91. The number of anilines is 2. The van der Waals surface area contributed by atoms with Crippen molar-refractivity contribution in [1.82, 2.24) is 4.90 Å². The van der Waals surface area contributed by atoms with E-state index in [-0.39, 0.29) is 28.7 Å². The number of hydrogen-bond donors (Lipinski definition) is 2. The first-order valence-corrected chi connectivity index (χ1v) is 9.29. The van der Waals surface area contributed by atoms with Crippen molar-refractivity contribution in [2.24, 2.45) is 10.8 Å². The molecule has 0 radical (unpaired) electrons. The Kier molecular flexibility index (Phi) is 6.02. The van der Waals surface area contributed by atoms with E-state index in [9.17, 15) is 18.8 Å². The van der Waals surface area contributed by atoms with Gasteiger partial charge in [-0.15, -0.1) is 0 Å². The Bertz CT molecular complexity index is 1040. The van der Waals surface area contributed by atoms with Crippen LogP contribution in [0.25, 0.3) is 0 Å². The van der Waals surface area contributed by atoms with Crippen LogP contribution < -0.4 is 16.1 Å². The highest BCUT2D eigenvalue weighted by Crippen LogP contribution is 2.27. The number of nitrogens with two attached hydrogens (primary N) is 1. The quantitative estimate of drug-likeness (QED) is 0.756. The maximum Gasteiger partial charge on any atom is 0.272 e. The summed E-state index contributed by atoms with van der Waals surface area (Å²) in [7, 11) is 3.22. The number of hydrazone groups is 1. The largest absolute Gasteiger partial charge is 0.368 e. The molecule has 1 unspecified atom stereocenters. The first-order valence-electron chi connectivity index (χ1n) is 8.91. The second kappa shape index (κ2) is 8.50. The van der Waals surface area contributed by atoms with E-state index in [0.29, 0.717) is 11.3 Å². The van der Waals surface area contributed by atoms with Crippen LogP contribution in [0.4, 0.5) is 15.8 Å². The molecule has 156 valence electrons. The van der Waals surface area contributed by atoms with Crippen LogP contribution in [0.5, 0.6) is 0 Å². The number of rotatable bonds is 5. The predicted molar refractivity (Wildman–Crippen MR) is 112 cm³/mol. The predicted octanol–water partition coefficient (Wildman–Crippen LogP) is 2.24. The lowest BCUT2D eigenvalue weighted by Gasteiger charge is -2.20. The number of carbonyl (C=O) groups is 3. The number of hydrogen-bond acceptors (Lipinski definition) is 5.